The van der Waals surface area contributed by atoms with E-state index in [0.29, 0.717) is 5.75 Å². The van der Waals surface area contributed by atoms with Gasteiger partial charge in [0.2, 0.25) is 5.91 Å². The van der Waals surface area contributed by atoms with Crippen LogP contribution in [-0.4, -0.2) is 67.9 Å². The third-order valence-corrected chi connectivity index (χ3v) is 8.20. The maximum Gasteiger partial charge on any atom is 0.246 e. The second kappa shape index (κ2) is 9.10. The Kier molecular flexibility index (Phi) is 6.46. The average molecular weight is 442 g/mol. The molecule has 7 heteroatoms. The van der Waals surface area contributed by atoms with Crippen molar-refractivity contribution in [3.05, 3.63) is 65.2 Å². The lowest BCUT2D eigenvalue weighted by Gasteiger charge is -2.40. The van der Waals surface area contributed by atoms with Crippen LogP contribution in [0.4, 0.5) is 5.69 Å². The zero-order chi connectivity index (χ0) is 22.0. The summed E-state index contributed by atoms with van der Waals surface area (Å²) >= 11 is 0. The van der Waals surface area contributed by atoms with Crippen molar-refractivity contribution in [1.82, 2.24) is 9.80 Å². The number of carbonyl (C=O) groups is 1. The molecule has 2 aromatic carbocycles. The van der Waals surface area contributed by atoms with Crippen LogP contribution in [0.25, 0.3) is 0 Å². The highest BCUT2D eigenvalue weighted by molar-refractivity contribution is 7.91. The zero-order valence-corrected chi connectivity index (χ0v) is 19.1. The van der Waals surface area contributed by atoms with Crippen LogP contribution in [0.2, 0.25) is 0 Å². The maximum absolute atomic E-state index is 13.5. The summed E-state index contributed by atoms with van der Waals surface area (Å²) in [5.74, 6) is 0.530. The first-order valence-corrected chi connectivity index (χ1v) is 12.8. The number of nitrogens with zero attached hydrogens (tertiary/aromatic N) is 2. The van der Waals surface area contributed by atoms with Crippen molar-refractivity contribution in [2.45, 2.75) is 32.4 Å². The summed E-state index contributed by atoms with van der Waals surface area (Å²) in [5, 5.41) is 3.15. The van der Waals surface area contributed by atoms with Gasteiger partial charge in [-0.15, -0.1) is 0 Å². The zero-order valence-electron chi connectivity index (χ0n) is 18.3. The summed E-state index contributed by atoms with van der Waals surface area (Å²) < 4.78 is 23.7. The number of hydrogen-bond acceptors (Lipinski definition) is 5. The Hall–Kier alpha value is -2.22. The summed E-state index contributed by atoms with van der Waals surface area (Å²) in [7, 11) is -2.89. The number of amides is 1. The maximum atomic E-state index is 13.5. The van der Waals surface area contributed by atoms with Gasteiger partial charge in [-0.1, -0.05) is 42.5 Å². The van der Waals surface area contributed by atoms with Gasteiger partial charge < -0.3 is 5.32 Å². The summed E-state index contributed by atoms with van der Waals surface area (Å²) in [4.78, 5) is 18.0. The topological polar surface area (TPSA) is 69.7 Å². The molecule has 2 heterocycles. The molecule has 0 aromatic heterocycles. The lowest BCUT2D eigenvalue weighted by atomic mass is 10.0. The van der Waals surface area contributed by atoms with Gasteiger partial charge >= 0.3 is 0 Å². The van der Waals surface area contributed by atoms with E-state index in [1.165, 1.54) is 0 Å². The molecule has 0 saturated carbocycles. The number of carbonyl (C=O) groups excluding carboxylic acids is 1. The van der Waals surface area contributed by atoms with Crippen molar-refractivity contribution in [2.75, 3.05) is 43.0 Å². The highest BCUT2D eigenvalue weighted by atomic mass is 32.2. The van der Waals surface area contributed by atoms with Crippen molar-refractivity contribution in [3.8, 4) is 0 Å². The molecule has 2 fully saturated rings. The van der Waals surface area contributed by atoms with Gasteiger partial charge in [-0.2, -0.15) is 0 Å². The molecule has 1 N–H and O–H groups in total. The number of nitrogens with one attached hydrogen (secondary N) is 1. The molecule has 2 aliphatic heterocycles. The fourth-order valence-electron chi connectivity index (χ4n) is 4.66. The Bertz CT molecular complexity index is 1030. The van der Waals surface area contributed by atoms with Crippen molar-refractivity contribution < 1.29 is 13.2 Å². The SMILES string of the molecule is Cc1ccc(C)c(NC(=O)[C@@H](c2ccccc2)N2CCN([C@@H]3CCS(=O)(=O)C3)CC2)c1. The van der Waals surface area contributed by atoms with E-state index in [-0.39, 0.29) is 23.7 Å². The third-order valence-electron chi connectivity index (χ3n) is 6.45. The van der Waals surface area contributed by atoms with Crippen LogP contribution in [0.3, 0.4) is 0 Å². The minimum atomic E-state index is -2.89. The number of piperazine rings is 1. The first-order chi connectivity index (χ1) is 14.8. The van der Waals surface area contributed by atoms with E-state index < -0.39 is 9.84 Å². The predicted octanol–water partition coefficient (Wildman–Crippen LogP) is 2.79. The van der Waals surface area contributed by atoms with E-state index in [1.807, 2.05) is 62.4 Å². The predicted molar refractivity (Wildman–Crippen MR) is 124 cm³/mol. The number of sulfone groups is 1. The lowest BCUT2D eigenvalue weighted by Crippen LogP contribution is -2.53. The van der Waals surface area contributed by atoms with Gasteiger partial charge in [0.1, 0.15) is 6.04 Å². The van der Waals surface area contributed by atoms with Crippen molar-refractivity contribution in [3.63, 3.8) is 0 Å². The van der Waals surface area contributed by atoms with Crippen molar-refractivity contribution in [2.24, 2.45) is 0 Å². The largest absolute Gasteiger partial charge is 0.324 e. The van der Waals surface area contributed by atoms with Crippen molar-refractivity contribution >= 4 is 21.4 Å². The highest BCUT2D eigenvalue weighted by Gasteiger charge is 2.36. The molecule has 0 aliphatic carbocycles. The van der Waals surface area contributed by atoms with E-state index >= 15 is 0 Å². The van der Waals surface area contributed by atoms with E-state index in [1.54, 1.807) is 0 Å². The van der Waals surface area contributed by atoms with Crippen LogP contribution in [0, 0.1) is 13.8 Å². The standard InChI is InChI=1S/C24H31N3O3S/c1-18-8-9-19(2)22(16-18)25-24(28)23(20-6-4-3-5-7-20)27-13-11-26(12-14-27)21-10-15-31(29,30)17-21/h3-9,16,21,23H,10-15,17H2,1-2H3,(H,25,28)/t21-,23-/m1/s1. The Balaban J connectivity index is 1.50. The molecule has 0 bridgehead atoms. The first-order valence-electron chi connectivity index (χ1n) is 10.9. The van der Waals surface area contributed by atoms with Gasteiger partial charge in [0.25, 0.3) is 0 Å². The molecule has 2 aromatic rings. The number of hydrogen-bond donors (Lipinski definition) is 1. The Morgan fingerprint density at radius 2 is 1.74 bits per heavy atom. The second-order valence-electron chi connectivity index (χ2n) is 8.75. The van der Waals surface area contributed by atoms with Gasteiger partial charge in [0.05, 0.1) is 11.5 Å². The molecule has 2 atom stereocenters. The highest BCUT2D eigenvalue weighted by Crippen LogP contribution is 2.27. The summed E-state index contributed by atoms with van der Waals surface area (Å²) in [6, 6.07) is 15.7. The number of aryl methyl sites for hydroxylation is 2. The van der Waals surface area contributed by atoms with Crippen LogP contribution >= 0.6 is 0 Å². The van der Waals surface area contributed by atoms with E-state index in [2.05, 4.69) is 15.1 Å². The minimum Gasteiger partial charge on any atom is -0.324 e. The molecule has 0 spiro atoms. The molecule has 0 radical (unpaired) electrons. The van der Waals surface area contributed by atoms with Gasteiger partial charge in [0.15, 0.2) is 9.84 Å². The third kappa shape index (κ3) is 5.17. The molecule has 2 aliphatic rings. The van der Waals surface area contributed by atoms with Crippen LogP contribution < -0.4 is 5.32 Å². The first kappa shape index (κ1) is 22.0. The fraction of sp³-hybridized carbons (Fsp3) is 0.458. The van der Waals surface area contributed by atoms with Crippen LogP contribution in [0.15, 0.2) is 48.5 Å². The smallest absolute Gasteiger partial charge is 0.246 e. The number of benzene rings is 2. The van der Waals surface area contributed by atoms with Crippen LogP contribution in [0.5, 0.6) is 0 Å². The second-order valence-corrected chi connectivity index (χ2v) is 11.0. The van der Waals surface area contributed by atoms with Gasteiger partial charge in [0, 0.05) is 37.9 Å². The quantitative estimate of drug-likeness (QED) is 0.773. The normalized spacial score (nSPS) is 22.8. The molecule has 1 amide bonds. The summed E-state index contributed by atoms with van der Waals surface area (Å²) in [5.41, 5.74) is 3.97. The van der Waals surface area contributed by atoms with E-state index in [9.17, 15) is 13.2 Å². The summed E-state index contributed by atoms with van der Waals surface area (Å²) in [6.45, 7) is 7.04. The Morgan fingerprint density at radius 3 is 2.39 bits per heavy atom. The molecule has 31 heavy (non-hydrogen) atoms. The van der Waals surface area contributed by atoms with Gasteiger partial charge in [-0.3, -0.25) is 14.6 Å². The molecule has 2 saturated heterocycles. The Morgan fingerprint density at radius 1 is 1.03 bits per heavy atom. The van der Waals surface area contributed by atoms with Crippen molar-refractivity contribution in [1.29, 1.82) is 0 Å². The minimum absolute atomic E-state index is 0.0307. The lowest BCUT2D eigenvalue weighted by molar-refractivity contribution is -0.122. The van der Waals surface area contributed by atoms with Crippen LogP contribution in [0.1, 0.15) is 29.2 Å². The molecular formula is C24H31N3O3S. The number of rotatable bonds is 5. The molecular weight excluding hydrogens is 410 g/mol. The molecule has 6 nitrogen and oxygen atoms in total. The van der Waals surface area contributed by atoms with E-state index in [4.69, 9.17) is 0 Å². The monoisotopic (exact) mass is 441 g/mol. The van der Waals surface area contributed by atoms with Gasteiger partial charge in [-0.25, -0.2) is 8.42 Å². The van der Waals surface area contributed by atoms with Gasteiger partial charge in [-0.05, 0) is 43.0 Å². The molecule has 4 rings (SSSR count). The Labute approximate surface area is 185 Å². The van der Waals surface area contributed by atoms with E-state index in [0.717, 1.165) is 55.0 Å². The number of anilines is 1. The molecule has 166 valence electrons. The average Bonchev–Trinajstić information content (AvgIpc) is 3.12. The summed E-state index contributed by atoms with van der Waals surface area (Å²) in [6.07, 6.45) is 0.720. The fourth-order valence-corrected chi connectivity index (χ4v) is 6.42. The van der Waals surface area contributed by atoms with Crippen LogP contribution in [-0.2, 0) is 14.6 Å². The molecule has 0 unspecified atom stereocenters.